The number of aromatic hydroxyl groups is 1. The molecule has 2 rings (SSSR count). The molecule has 0 atom stereocenters. The lowest BCUT2D eigenvalue weighted by atomic mass is 9.99. The third-order valence-electron chi connectivity index (χ3n) is 3.73. The average Bonchev–Trinajstić information content (AvgIpc) is 2.83. The number of benzene rings is 1. The Hall–Kier alpha value is -2.40. The molecule has 0 aliphatic heterocycles. The van der Waals surface area contributed by atoms with Crippen LogP contribution in [-0.2, 0) is 32.5 Å². The van der Waals surface area contributed by atoms with E-state index in [0.29, 0.717) is 0 Å². The fourth-order valence-corrected chi connectivity index (χ4v) is 4.31. The Morgan fingerprint density at radius 3 is 2.23 bits per heavy atom. The summed E-state index contributed by atoms with van der Waals surface area (Å²) in [6.45, 7) is 0. The molecule has 2 N–H and O–H groups in total. The van der Waals surface area contributed by atoms with Crippen LogP contribution in [-0.4, -0.2) is 57.1 Å². The number of sulfone groups is 2. The molecule has 0 saturated heterocycles. The summed E-state index contributed by atoms with van der Waals surface area (Å²) in [7, 11) is -4.38. The van der Waals surface area contributed by atoms with Gasteiger partial charge in [-0.05, 0) is 12.1 Å². The van der Waals surface area contributed by atoms with Crippen LogP contribution in [0.2, 0.25) is 0 Å². The number of carbonyl (C=O) groups excluding carboxylic acids is 1. The normalized spacial score (nSPS) is 12.2. The predicted octanol–water partition coefficient (Wildman–Crippen LogP) is 0.347. The topological polar surface area (TPSA) is 135 Å². The molecule has 142 valence electrons. The van der Waals surface area contributed by atoms with Gasteiger partial charge in [-0.3, -0.25) is 4.79 Å². The Balaban J connectivity index is 2.81. The first-order chi connectivity index (χ1) is 11.9. The monoisotopic (exact) mass is 401 g/mol. The zero-order valence-electron chi connectivity index (χ0n) is 14.6. The Morgan fingerprint density at radius 1 is 1.19 bits per heavy atom. The minimum absolute atomic E-state index is 0.0196. The predicted molar refractivity (Wildman–Crippen MR) is 96.0 cm³/mol. The van der Waals surface area contributed by atoms with E-state index in [0.717, 1.165) is 23.4 Å². The molecule has 0 saturated carbocycles. The van der Waals surface area contributed by atoms with E-state index in [9.17, 15) is 26.7 Å². The molecule has 0 aliphatic carbocycles. The Kier molecular flexibility index (Phi) is 5.15. The standard InChI is InChI=1S/C15H19N3O6S2/c1-16-13-11(8-25(3,21)22)9(5-6-12(13)26(4,23)24)14(19)10-7-17-18(2)15(10)20/h5-7,16,20H,8H2,1-4H3. The van der Waals surface area contributed by atoms with E-state index in [2.05, 4.69) is 10.4 Å². The van der Waals surface area contributed by atoms with Crippen molar-refractivity contribution < 1.29 is 26.7 Å². The Labute approximate surface area is 151 Å². The van der Waals surface area contributed by atoms with Crippen molar-refractivity contribution in [3.8, 4) is 5.88 Å². The maximum absolute atomic E-state index is 12.8. The molecule has 1 aromatic heterocycles. The number of anilines is 1. The van der Waals surface area contributed by atoms with Crippen molar-refractivity contribution in [2.75, 3.05) is 24.9 Å². The van der Waals surface area contributed by atoms with Gasteiger partial charge in [0.1, 0.15) is 5.56 Å². The smallest absolute Gasteiger partial charge is 0.220 e. The molecule has 2 aromatic rings. The molecule has 0 spiro atoms. The highest BCUT2D eigenvalue weighted by molar-refractivity contribution is 7.91. The summed E-state index contributed by atoms with van der Waals surface area (Å²) in [6, 6.07) is 2.47. The van der Waals surface area contributed by atoms with E-state index in [1.807, 2.05) is 0 Å². The van der Waals surface area contributed by atoms with Crippen LogP contribution in [0.15, 0.2) is 23.2 Å². The molecule has 0 bridgehead atoms. The van der Waals surface area contributed by atoms with Crippen molar-refractivity contribution in [1.29, 1.82) is 0 Å². The quantitative estimate of drug-likeness (QED) is 0.662. The van der Waals surface area contributed by atoms with Gasteiger partial charge in [0, 0.05) is 37.7 Å². The van der Waals surface area contributed by atoms with Gasteiger partial charge in [-0.2, -0.15) is 5.10 Å². The fraction of sp³-hybridized carbons (Fsp3) is 0.333. The van der Waals surface area contributed by atoms with Crippen molar-refractivity contribution in [3.05, 3.63) is 35.0 Å². The van der Waals surface area contributed by atoms with Gasteiger partial charge in [0.2, 0.25) is 5.88 Å². The number of aryl methyl sites for hydroxylation is 1. The maximum Gasteiger partial charge on any atom is 0.220 e. The zero-order chi connectivity index (χ0) is 19.9. The number of carbonyl (C=O) groups is 1. The van der Waals surface area contributed by atoms with Gasteiger partial charge in [0.05, 0.1) is 22.5 Å². The third kappa shape index (κ3) is 3.88. The molecule has 26 heavy (non-hydrogen) atoms. The number of rotatable bonds is 6. The summed E-state index contributed by atoms with van der Waals surface area (Å²) in [5.41, 5.74) is -0.0924. The van der Waals surface area contributed by atoms with Crippen LogP contribution in [0.1, 0.15) is 21.5 Å². The number of nitrogens with zero attached hydrogens (tertiary/aromatic N) is 2. The van der Waals surface area contributed by atoms with Crippen molar-refractivity contribution in [3.63, 3.8) is 0 Å². The molecule has 0 radical (unpaired) electrons. The number of hydrogen-bond donors (Lipinski definition) is 2. The highest BCUT2D eigenvalue weighted by atomic mass is 32.2. The van der Waals surface area contributed by atoms with E-state index in [1.165, 1.54) is 26.2 Å². The van der Waals surface area contributed by atoms with Crippen LogP contribution in [0.25, 0.3) is 0 Å². The first kappa shape index (κ1) is 19.9. The van der Waals surface area contributed by atoms with Crippen LogP contribution < -0.4 is 5.32 Å². The molecule has 0 aliphatic rings. The maximum atomic E-state index is 12.8. The first-order valence-corrected chi connectivity index (χ1v) is 11.3. The fourth-order valence-electron chi connectivity index (χ4n) is 2.57. The van der Waals surface area contributed by atoms with Crippen molar-refractivity contribution in [2.45, 2.75) is 10.6 Å². The van der Waals surface area contributed by atoms with Gasteiger partial charge in [-0.1, -0.05) is 0 Å². The minimum atomic E-state index is -3.67. The van der Waals surface area contributed by atoms with Crippen LogP contribution in [0, 0.1) is 0 Å². The SMILES string of the molecule is CNc1c(S(C)(=O)=O)ccc(C(=O)c2cnn(C)c2O)c1CS(C)(=O)=O. The van der Waals surface area contributed by atoms with Crippen molar-refractivity contribution >= 4 is 31.1 Å². The van der Waals surface area contributed by atoms with Gasteiger partial charge < -0.3 is 10.4 Å². The van der Waals surface area contributed by atoms with Crippen molar-refractivity contribution in [2.24, 2.45) is 7.05 Å². The summed E-state index contributed by atoms with van der Waals surface area (Å²) in [5.74, 6) is -1.58. The van der Waals surface area contributed by atoms with Gasteiger partial charge in [0.15, 0.2) is 25.5 Å². The van der Waals surface area contributed by atoms with Crippen molar-refractivity contribution in [1.82, 2.24) is 9.78 Å². The Bertz CT molecular complexity index is 1080. The molecule has 0 fully saturated rings. The molecule has 1 heterocycles. The van der Waals surface area contributed by atoms with Gasteiger partial charge in [-0.25, -0.2) is 21.5 Å². The lowest BCUT2D eigenvalue weighted by Gasteiger charge is -2.16. The lowest BCUT2D eigenvalue weighted by Crippen LogP contribution is -2.15. The minimum Gasteiger partial charge on any atom is -0.493 e. The third-order valence-corrected chi connectivity index (χ3v) is 5.68. The Morgan fingerprint density at radius 2 is 1.81 bits per heavy atom. The van der Waals surface area contributed by atoms with Crippen LogP contribution in [0.5, 0.6) is 5.88 Å². The molecule has 9 nitrogen and oxygen atoms in total. The highest BCUT2D eigenvalue weighted by Gasteiger charge is 2.27. The summed E-state index contributed by atoms with van der Waals surface area (Å²) in [5, 5.41) is 16.4. The number of aromatic nitrogens is 2. The van der Waals surface area contributed by atoms with Crippen LogP contribution in [0.3, 0.4) is 0 Å². The molecular formula is C15H19N3O6S2. The largest absolute Gasteiger partial charge is 0.493 e. The molecule has 1 aromatic carbocycles. The van der Waals surface area contributed by atoms with E-state index in [1.54, 1.807) is 0 Å². The second-order valence-electron chi connectivity index (χ2n) is 5.89. The van der Waals surface area contributed by atoms with Crippen LogP contribution in [0.4, 0.5) is 5.69 Å². The van der Waals surface area contributed by atoms with E-state index in [-0.39, 0.29) is 33.2 Å². The number of hydrogen-bond acceptors (Lipinski definition) is 8. The summed E-state index contributed by atoms with van der Waals surface area (Å²) in [4.78, 5) is 12.7. The van der Waals surface area contributed by atoms with Gasteiger partial charge >= 0.3 is 0 Å². The zero-order valence-corrected chi connectivity index (χ0v) is 16.3. The van der Waals surface area contributed by atoms with E-state index in [4.69, 9.17) is 0 Å². The highest BCUT2D eigenvalue weighted by Crippen LogP contribution is 2.32. The molecule has 0 unspecified atom stereocenters. The summed E-state index contributed by atoms with van der Waals surface area (Å²) in [6.07, 6.45) is 3.13. The molecule has 0 amide bonds. The summed E-state index contributed by atoms with van der Waals surface area (Å²) >= 11 is 0. The van der Waals surface area contributed by atoms with Gasteiger partial charge in [0.25, 0.3) is 0 Å². The van der Waals surface area contributed by atoms with E-state index >= 15 is 0 Å². The average molecular weight is 401 g/mol. The van der Waals surface area contributed by atoms with E-state index < -0.39 is 31.2 Å². The summed E-state index contributed by atoms with van der Waals surface area (Å²) < 4.78 is 48.8. The van der Waals surface area contributed by atoms with Gasteiger partial charge in [-0.15, -0.1) is 0 Å². The molecular weight excluding hydrogens is 382 g/mol. The number of ketones is 1. The first-order valence-electron chi connectivity index (χ1n) is 7.34. The number of nitrogens with one attached hydrogen (secondary N) is 1. The second kappa shape index (κ2) is 6.72. The lowest BCUT2D eigenvalue weighted by molar-refractivity contribution is 0.103. The van der Waals surface area contributed by atoms with Crippen LogP contribution >= 0.6 is 0 Å². The molecule has 11 heteroatoms. The second-order valence-corrected chi connectivity index (χ2v) is 10.0.